The molecule has 2 aromatic carbocycles. The lowest BCUT2D eigenvalue weighted by molar-refractivity contribution is -0.114. The van der Waals surface area contributed by atoms with E-state index < -0.39 is 17.5 Å². The van der Waals surface area contributed by atoms with Crippen LogP contribution in [-0.2, 0) is 11.3 Å². The van der Waals surface area contributed by atoms with Gasteiger partial charge in [0, 0.05) is 9.50 Å². The zero-order chi connectivity index (χ0) is 15.1. The topological polar surface area (TPSA) is 37.4 Å². The largest absolute Gasteiger partial charge is 0.300 e. The van der Waals surface area contributed by atoms with Gasteiger partial charge in [-0.3, -0.25) is 9.59 Å². The van der Waals surface area contributed by atoms with Crippen molar-refractivity contribution in [1.29, 1.82) is 0 Å². The van der Waals surface area contributed by atoms with Crippen LogP contribution in [0.1, 0.15) is 15.9 Å². The molecule has 2 aromatic rings. The first-order chi connectivity index (χ1) is 9.97. The molecule has 0 saturated heterocycles. The quantitative estimate of drug-likeness (QED) is 0.752. The maximum Gasteiger partial charge on any atom is 0.299 e. The van der Waals surface area contributed by atoms with E-state index in [1.54, 1.807) is 18.2 Å². The van der Waals surface area contributed by atoms with Crippen molar-refractivity contribution < 1.29 is 14.0 Å². The second-order valence-corrected chi connectivity index (χ2v) is 5.94. The number of amides is 1. The van der Waals surface area contributed by atoms with E-state index in [1.165, 1.54) is 23.1 Å². The van der Waals surface area contributed by atoms with Crippen LogP contribution < -0.4 is 4.90 Å². The maximum absolute atomic E-state index is 13.3. The van der Waals surface area contributed by atoms with E-state index >= 15 is 0 Å². The molecule has 3 nitrogen and oxygen atoms in total. The number of nitrogens with zero attached hydrogens (tertiary/aromatic N) is 1. The minimum atomic E-state index is -0.636. The predicted octanol–water partition coefficient (Wildman–Crippen LogP) is 3.97. The van der Waals surface area contributed by atoms with Crippen molar-refractivity contribution in [3.63, 3.8) is 0 Å². The Morgan fingerprint density at radius 2 is 1.90 bits per heavy atom. The van der Waals surface area contributed by atoms with Crippen LogP contribution in [0.4, 0.5) is 10.1 Å². The van der Waals surface area contributed by atoms with E-state index in [0.29, 0.717) is 26.3 Å². The number of hydrogen-bond donors (Lipinski definition) is 0. The van der Waals surface area contributed by atoms with E-state index in [1.807, 2.05) is 0 Å². The Hall–Kier alpha value is -1.72. The summed E-state index contributed by atoms with van der Waals surface area (Å²) < 4.78 is 14.0. The van der Waals surface area contributed by atoms with E-state index in [-0.39, 0.29) is 6.54 Å². The first-order valence-corrected chi connectivity index (χ1v) is 7.24. The SMILES string of the molecule is O=C1C(=O)N(Cc2cc(F)ccc2Cl)c2ccc(Br)cc21. The normalized spacial score (nSPS) is 13.8. The van der Waals surface area contributed by atoms with Crippen molar-refractivity contribution in [2.24, 2.45) is 0 Å². The van der Waals surface area contributed by atoms with Gasteiger partial charge >= 0.3 is 0 Å². The molecule has 0 atom stereocenters. The zero-order valence-corrected chi connectivity index (χ0v) is 12.9. The van der Waals surface area contributed by atoms with Crippen molar-refractivity contribution in [1.82, 2.24) is 0 Å². The minimum Gasteiger partial charge on any atom is -0.300 e. The molecule has 1 heterocycles. The van der Waals surface area contributed by atoms with Gasteiger partial charge in [-0.2, -0.15) is 0 Å². The predicted molar refractivity (Wildman–Crippen MR) is 81.1 cm³/mol. The van der Waals surface area contributed by atoms with Gasteiger partial charge < -0.3 is 4.90 Å². The van der Waals surface area contributed by atoms with Crippen LogP contribution in [0.5, 0.6) is 0 Å². The Morgan fingerprint density at radius 1 is 1.14 bits per heavy atom. The highest BCUT2D eigenvalue weighted by atomic mass is 79.9. The summed E-state index contributed by atoms with van der Waals surface area (Å²) in [6, 6.07) is 8.95. The number of ketones is 1. The first kappa shape index (κ1) is 14.2. The molecule has 0 spiro atoms. The van der Waals surface area contributed by atoms with E-state index in [4.69, 9.17) is 11.6 Å². The third-order valence-corrected chi connectivity index (χ3v) is 4.13. The molecular formula is C15H8BrClFNO2. The number of rotatable bonds is 2. The second-order valence-electron chi connectivity index (χ2n) is 4.62. The fourth-order valence-corrected chi connectivity index (χ4v) is 2.80. The zero-order valence-electron chi connectivity index (χ0n) is 10.6. The van der Waals surface area contributed by atoms with E-state index in [2.05, 4.69) is 15.9 Å². The second kappa shape index (κ2) is 5.24. The molecule has 1 amide bonds. The molecule has 0 N–H and O–H groups in total. The van der Waals surface area contributed by atoms with Crippen LogP contribution >= 0.6 is 27.5 Å². The molecular weight excluding hydrogens is 361 g/mol. The molecule has 1 aliphatic rings. The highest BCUT2D eigenvalue weighted by Crippen LogP contribution is 2.33. The highest BCUT2D eigenvalue weighted by molar-refractivity contribution is 9.10. The van der Waals surface area contributed by atoms with Crippen LogP contribution in [0.25, 0.3) is 0 Å². The van der Waals surface area contributed by atoms with Crippen LogP contribution in [0.15, 0.2) is 40.9 Å². The monoisotopic (exact) mass is 367 g/mol. The van der Waals surface area contributed by atoms with Crippen LogP contribution in [0.3, 0.4) is 0 Å². The number of carbonyl (C=O) groups is 2. The lowest BCUT2D eigenvalue weighted by atomic mass is 10.1. The number of halogens is 3. The molecule has 1 aliphatic heterocycles. The number of Topliss-reactive ketones (excluding diaryl/α,β-unsaturated/α-hetero) is 1. The number of hydrogen-bond acceptors (Lipinski definition) is 2. The van der Waals surface area contributed by atoms with Gasteiger partial charge in [-0.15, -0.1) is 0 Å². The molecule has 0 aliphatic carbocycles. The summed E-state index contributed by atoms with van der Waals surface area (Å²) in [5.41, 5.74) is 1.30. The molecule has 0 radical (unpaired) electrons. The molecule has 21 heavy (non-hydrogen) atoms. The Bertz CT molecular complexity index is 778. The third-order valence-electron chi connectivity index (χ3n) is 3.27. The van der Waals surface area contributed by atoms with Crippen molar-refractivity contribution in [3.8, 4) is 0 Å². The van der Waals surface area contributed by atoms with Gasteiger partial charge in [0.2, 0.25) is 0 Å². The number of benzene rings is 2. The Kier molecular flexibility index (Phi) is 3.55. The molecule has 0 aromatic heterocycles. The molecule has 106 valence electrons. The molecule has 0 fully saturated rings. The standard InChI is InChI=1S/C15H8BrClFNO2/c16-9-1-4-13-11(6-9)14(20)15(21)19(13)7-8-5-10(18)2-3-12(8)17/h1-6H,7H2. The van der Waals surface area contributed by atoms with Crippen LogP contribution in [-0.4, -0.2) is 11.7 Å². The number of fused-ring (bicyclic) bond motifs is 1. The van der Waals surface area contributed by atoms with Gasteiger partial charge in [0.1, 0.15) is 5.82 Å². The highest BCUT2D eigenvalue weighted by Gasteiger charge is 2.36. The van der Waals surface area contributed by atoms with Crippen LogP contribution in [0.2, 0.25) is 5.02 Å². The summed E-state index contributed by atoms with van der Waals surface area (Å²) in [6.45, 7) is 0.0514. The fraction of sp³-hybridized carbons (Fsp3) is 0.0667. The molecule has 0 bridgehead atoms. The molecule has 0 saturated carbocycles. The van der Waals surface area contributed by atoms with Crippen molar-refractivity contribution >= 4 is 44.9 Å². The van der Waals surface area contributed by atoms with E-state index in [9.17, 15) is 14.0 Å². The van der Waals surface area contributed by atoms with Crippen molar-refractivity contribution in [2.45, 2.75) is 6.54 Å². The maximum atomic E-state index is 13.3. The van der Waals surface area contributed by atoms with Gasteiger partial charge in [0.25, 0.3) is 11.7 Å². The average molecular weight is 369 g/mol. The summed E-state index contributed by atoms with van der Waals surface area (Å²) in [4.78, 5) is 25.4. The Balaban J connectivity index is 2.02. The molecule has 0 unspecified atom stereocenters. The van der Waals surface area contributed by atoms with Gasteiger partial charge in [0.05, 0.1) is 17.8 Å². The van der Waals surface area contributed by atoms with Crippen molar-refractivity contribution in [2.75, 3.05) is 4.90 Å². The number of carbonyl (C=O) groups excluding carboxylic acids is 2. The summed E-state index contributed by atoms with van der Waals surface area (Å²) in [6.07, 6.45) is 0. The van der Waals surface area contributed by atoms with E-state index in [0.717, 1.165) is 0 Å². The van der Waals surface area contributed by atoms with Crippen molar-refractivity contribution in [3.05, 3.63) is 62.8 Å². The summed E-state index contributed by atoms with van der Waals surface area (Å²) in [5.74, 6) is -1.65. The number of anilines is 1. The molecule has 3 rings (SSSR count). The summed E-state index contributed by atoms with van der Waals surface area (Å²) in [7, 11) is 0. The lowest BCUT2D eigenvalue weighted by Crippen LogP contribution is -2.29. The average Bonchev–Trinajstić information content (AvgIpc) is 2.68. The smallest absolute Gasteiger partial charge is 0.299 e. The van der Waals surface area contributed by atoms with Gasteiger partial charge in [-0.1, -0.05) is 27.5 Å². The fourth-order valence-electron chi connectivity index (χ4n) is 2.26. The third kappa shape index (κ3) is 2.47. The minimum absolute atomic E-state index is 0.0514. The Labute approximate surface area is 133 Å². The first-order valence-electron chi connectivity index (χ1n) is 6.07. The van der Waals surface area contributed by atoms with Crippen LogP contribution in [0, 0.1) is 5.82 Å². The lowest BCUT2D eigenvalue weighted by Gasteiger charge is -2.17. The van der Waals surface area contributed by atoms with Gasteiger partial charge in [-0.05, 0) is 42.0 Å². The molecule has 6 heteroatoms. The summed E-state index contributed by atoms with van der Waals surface area (Å²) in [5, 5.41) is 0.349. The van der Waals surface area contributed by atoms with Gasteiger partial charge in [0.15, 0.2) is 0 Å². The summed E-state index contributed by atoms with van der Waals surface area (Å²) >= 11 is 9.28. The Morgan fingerprint density at radius 3 is 2.67 bits per heavy atom. The van der Waals surface area contributed by atoms with Gasteiger partial charge in [-0.25, -0.2) is 4.39 Å².